The Morgan fingerprint density at radius 3 is 2.00 bits per heavy atom. The van der Waals surface area contributed by atoms with Crippen LogP contribution >= 0.6 is 22.6 Å². The summed E-state index contributed by atoms with van der Waals surface area (Å²) in [6, 6.07) is 26.7. The van der Waals surface area contributed by atoms with E-state index in [-0.39, 0.29) is 0 Å². The standard InChI is InChI=1S/C20H13IN2/c21-16-11-12-17-18(13-16)22-20(15-9-5-2-6-10-15)23-19(17)14-7-3-1-4-8-14/h1-13H. The molecule has 0 saturated heterocycles. The summed E-state index contributed by atoms with van der Waals surface area (Å²) in [5.74, 6) is 0.763. The summed E-state index contributed by atoms with van der Waals surface area (Å²) in [5, 5.41) is 1.08. The second-order valence-electron chi connectivity index (χ2n) is 5.29. The Hall–Kier alpha value is -2.27. The van der Waals surface area contributed by atoms with Gasteiger partial charge in [0.05, 0.1) is 11.2 Å². The third-order valence-electron chi connectivity index (χ3n) is 3.74. The van der Waals surface area contributed by atoms with Crippen LogP contribution in [0.25, 0.3) is 33.5 Å². The van der Waals surface area contributed by atoms with Gasteiger partial charge in [-0.2, -0.15) is 0 Å². The van der Waals surface area contributed by atoms with E-state index < -0.39 is 0 Å². The molecule has 0 aliphatic rings. The van der Waals surface area contributed by atoms with Gasteiger partial charge >= 0.3 is 0 Å². The lowest BCUT2D eigenvalue weighted by atomic mass is 10.1. The number of halogens is 1. The highest BCUT2D eigenvalue weighted by Crippen LogP contribution is 2.29. The number of fused-ring (bicyclic) bond motifs is 1. The fourth-order valence-corrected chi connectivity index (χ4v) is 3.11. The summed E-state index contributed by atoms with van der Waals surface area (Å²) >= 11 is 2.32. The second kappa shape index (κ2) is 6.08. The Morgan fingerprint density at radius 1 is 0.652 bits per heavy atom. The van der Waals surface area contributed by atoms with Gasteiger partial charge in [0.1, 0.15) is 0 Å². The van der Waals surface area contributed by atoms with Gasteiger partial charge in [-0.25, -0.2) is 9.97 Å². The van der Waals surface area contributed by atoms with Crippen molar-refractivity contribution in [2.75, 3.05) is 0 Å². The fourth-order valence-electron chi connectivity index (χ4n) is 2.64. The molecule has 4 aromatic rings. The Bertz CT molecular complexity index is 967. The zero-order chi connectivity index (χ0) is 15.6. The maximum absolute atomic E-state index is 4.86. The number of hydrogen-bond acceptors (Lipinski definition) is 2. The first kappa shape index (κ1) is 14.3. The van der Waals surface area contributed by atoms with Gasteiger partial charge in [0.2, 0.25) is 0 Å². The summed E-state index contributed by atoms with van der Waals surface area (Å²) in [6.45, 7) is 0. The third-order valence-corrected chi connectivity index (χ3v) is 4.41. The van der Waals surface area contributed by atoms with Crippen LogP contribution in [0.1, 0.15) is 0 Å². The molecule has 3 aromatic carbocycles. The van der Waals surface area contributed by atoms with Gasteiger partial charge in [-0.3, -0.25) is 0 Å². The highest BCUT2D eigenvalue weighted by molar-refractivity contribution is 14.1. The van der Waals surface area contributed by atoms with Gasteiger partial charge < -0.3 is 0 Å². The molecular formula is C20H13IN2. The second-order valence-corrected chi connectivity index (χ2v) is 6.53. The molecule has 3 heteroatoms. The highest BCUT2D eigenvalue weighted by atomic mass is 127. The highest BCUT2D eigenvalue weighted by Gasteiger charge is 2.11. The minimum Gasteiger partial charge on any atom is -0.228 e. The van der Waals surface area contributed by atoms with Crippen molar-refractivity contribution in [3.05, 3.63) is 82.4 Å². The lowest BCUT2D eigenvalue weighted by Crippen LogP contribution is -1.95. The van der Waals surface area contributed by atoms with Crippen LogP contribution in [0, 0.1) is 3.57 Å². The van der Waals surface area contributed by atoms with E-state index in [1.54, 1.807) is 0 Å². The predicted molar refractivity (Wildman–Crippen MR) is 103 cm³/mol. The van der Waals surface area contributed by atoms with Crippen LogP contribution in [0.4, 0.5) is 0 Å². The van der Waals surface area contributed by atoms with Crippen molar-refractivity contribution >= 4 is 33.5 Å². The predicted octanol–water partition coefficient (Wildman–Crippen LogP) is 5.57. The summed E-state index contributed by atoms with van der Waals surface area (Å²) in [5.41, 5.74) is 4.10. The van der Waals surface area contributed by atoms with Crippen LogP contribution in [-0.2, 0) is 0 Å². The number of nitrogens with zero attached hydrogens (tertiary/aromatic N) is 2. The summed E-state index contributed by atoms with van der Waals surface area (Å²) in [4.78, 5) is 9.63. The Kier molecular flexibility index (Phi) is 3.79. The van der Waals surface area contributed by atoms with Crippen LogP contribution in [-0.4, -0.2) is 9.97 Å². The molecule has 0 aliphatic carbocycles. The molecule has 1 heterocycles. The molecule has 0 spiro atoms. The van der Waals surface area contributed by atoms with Crippen molar-refractivity contribution in [3.63, 3.8) is 0 Å². The summed E-state index contributed by atoms with van der Waals surface area (Å²) in [6.07, 6.45) is 0. The molecule has 1 aromatic heterocycles. The summed E-state index contributed by atoms with van der Waals surface area (Å²) in [7, 11) is 0. The molecule has 0 atom stereocenters. The Balaban J connectivity index is 2.03. The van der Waals surface area contributed by atoms with Crippen molar-refractivity contribution in [3.8, 4) is 22.6 Å². The average Bonchev–Trinajstić information content (AvgIpc) is 2.62. The molecule has 4 rings (SSSR count). The molecule has 0 unspecified atom stereocenters. The lowest BCUT2D eigenvalue weighted by molar-refractivity contribution is 1.23. The lowest BCUT2D eigenvalue weighted by Gasteiger charge is -2.09. The molecule has 0 amide bonds. The van der Waals surface area contributed by atoms with Crippen molar-refractivity contribution < 1.29 is 0 Å². The minimum atomic E-state index is 0.763. The largest absolute Gasteiger partial charge is 0.228 e. The normalized spacial score (nSPS) is 10.8. The van der Waals surface area contributed by atoms with Gasteiger partial charge in [-0.15, -0.1) is 0 Å². The van der Waals surface area contributed by atoms with Gasteiger partial charge in [0.25, 0.3) is 0 Å². The third kappa shape index (κ3) is 2.84. The van der Waals surface area contributed by atoms with Crippen LogP contribution in [0.2, 0.25) is 0 Å². The van der Waals surface area contributed by atoms with Gasteiger partial charge in [-0.05, 0) is 40.8 Å². The van der Waals surface area contributed by atoms with Crippen molar-refractivity contribution in [2.24, 2.45) is 0 Å². The summed E-state index contributed by atoms with van der Waals surface area (Å²) < 4.78 is 1.17. The molecule has 23 heavy (non-hydrogen) atoms. The van der Waals surface area contributed by atoms with E-state index in [4.69, 9.17) is 9.97 Å². The number of aromatic nitrogens is 2. The van der Waals surface area contributed by atoms with E-state index in [1.807, 2.05) is 48.5 Å². The Labute approximate surface area is 148 Å². The number of benzene rings is 3. The zero-order valence-corrected chi connectivity index (χ0v) is 14.4. The van der Waals surface area contributed by atoms with Crippen LogP contribution < -0.4 is 0 Å². The SMILES string of the molecule is Ic1ccc2c(-c3ccccc3)nc(-c3ccccc3)nc2c1. The van der Waals surface area contributed by atoms with Crippen LogP contribution in [0.3, 0.4) is 0 Å². The maximum atomic E-state index is 4.86. The first-order valence-corrected chi connectivity index (χ1v) is 8.47. The maximum Gasteiger partial charge on any atom is 0.160 e. The van der Waals surface area contributed by atoms with Crippen molar-refractivity contribution in [2.45, 2.75) is 0 Å². The van der Waals surface area contributed by atoms with Crippen LogP contribution in [0.15, 0.2) is 78.9 Å². The number of hydrogen-bond donors (Lipinski definition) is 0. The monoisotopic (exact) mass is 408 g/mol. The van der Waals surface area contributed by atoms with E-state index in [2.05, 4.69) is 52.9 Å². The first-order chi connectivity index (χ1) is 11.3. The molecular weight excluding hydrogens is 395 g/mol. The zero-order valence-electron chi connectivity index (χ0n) is 12.3. The van der Waals surface area contributed by atoms with E-state index in [0.717, 1.165) is 33.5 Å². The van der Waals surface area contributed by atoms with Gasteiger partial charge in [0, 0.05) is 20.1 Å². The molecule has 2 nitrogen and oxygen atoms in total. The average molecular weight is 408 g/mol. The van der Waals surface area contributed by atoms with Crippen molar-refractivity contribution in [1.29, 1.82) is 0 Å². The molecule has 0 fully saturated rings. The Morgan fingerprint density at radius 2 is 1.30 bits per heavy atom. The molecule has 0 N–H and O–H groups in total. The van der Waals surface area contributed by atoms with Crippen molar-refractivity contribution in [1.82, 2.24) is 9.97 Å². The topological polar surface area (TPSA) is 25.8 Å². The van der Waals surface area contributed by atoms with E-state index in [1.165, 1.54) is 3.57 Å². The molecule has 110 valence electrons. The minimum absolute atomic E-state index is 0.763. The molecule has 0 bridgehead atoms. The number of rotatable bonds is 2. The van der Waals surface area contributed by atoms with E-state index in [0.29, 0.717) is 0 Å². The van der Waals surface area contributed by atoms with Crippen LogP contribution in [0.5, 0.6) is 0 Å². The fraction of sp³-hybridized carbons (Fsp3) is 0. The smallest absolute Gasteiger partial charge is 0.160 e. The van der Waals surface area contributed by atoms with E-state index >= 15 is 0 Å². The van der Waals surface area contributed by atoms with Gasteiger partial charge in [0.15, 0.2) is 5.82 Å². The molecule has 0 radical (unpaired) electrons. The van der Waals surface area contributed by atoms with E-state index in [9.17, 15) is 0 Å². The molecule has 0 saturated carbocycles. The quantitative estimate of drug-likeness (QED) is 0.406. The molecule has 0 aliphatic heterocycles. The first-order valence-electron chi connectivity index (χ1n) is 7.39. The van der Waals surface area contributed by atoms with Gasteiger partial charge in [-0.1, -0.05) is 60.7 Å².